The highest BCUT2D eigenvalue weighted by atomic mass is 16.5. The fourth-order valence-electron chi connectivity index (χ4n) is 3.18. The van der Waals surface area contributed by atoms with Crippen LogP contribution >= 0.6 is 0 Å². The van der Waals surface area contributed by atoms with E-state index in [0.29, 0.717) is 26.2 Å². The van der Waals surface area contributed by atoms with Crippen molar-refractivity contribution in [2.45, 2.75) is 19.1 Å². The number of likely N-dealkylation sites (N-methyl/N-ethyl adjacent to an activating group) is 1. The van der Waals surface area contributed by atoms with Crippen molar-refractivity contribution in [3.8, 4) is 0 Å². The van der Waals surface area contributed by atoms with Crippen LogP contribution in [0.2, 0.25) is 0 Å². The Kier molecular flexibility index (Phi) is 7.19. The van der Waals surface area contributed by atoms with Gasteiger partial charge in [-0.2, -0.15) is 0 Å². The van der Waals surface area contributed by atoms with Crippen molar-refractivity contribution in [1.82, 2.24) is 20.1 Å². The highest BCUT2D eigenvalue weighted by molar-refractivity contribution is 5.74. The fourth-order valence-corrected chi connectivity index (χ4v) is 3.18. The highest BCUT2D eigenvalue weighted by Crippen LogP contribution is 2.08. The largest absolute Gasteiger partial charge is 0.374 e. The Morgan fingerprint density at radius 2 is 2.07 bits per heavy atom. The first-order chi connectivity index (χ1) is 13.2. The van der Waals surface area contributed by atoms with Crippen LogP contribution in [0, 0.1) is 0 Å². The first kappa shape index (κ1) is 19.3. The van der Waals surface area contributed by atoms with Gasteiger partial charge in [-0.3, -0.25) is 4.98 Å². The zero-order chi connectivity index (χ0) is 18.9. The number of carbonyl (C=O) groups is 1. The number of nitrogens with zero attached hydrogens (tertiary/aromatic N) is 3. The summed E-state index contributed by atoms with van der Waals surface area (Å²) >= 11 is 0. The number of amides is 2. The molecule has 144 valence electrons. The maximum absolute atomic E-state index is 12.8. The number of benzene rings is 1. The minimum Gasteiger partial charge on any atom is -0.374 e. The molecule has 0 unspecified atom stereocenters. The number of urea groups is 1. The molecule has 2 aromatic rings. The summed E-state index contributed by atoms with van der Waals surface area (Å²) in [6.07, 6.45) is 4.41. The van der Waals surface area contributed by atoms with Crippen LogP contribution < -0.4 is 5.32 Å². The van der Waals surface area contributed by atoms with E-state index >= 15 is 0 Å². The van der Waals surface area contributed by atoms with Gasteiger partial charge in [-0.25, -0.2) is 4.79 Å². The first-order valence-corrected chi connectivity index (χ1v) is 9.46. The van der Waals surface area contributed by atoms with Gasteiger partial charge in [-0.05, 0) is 30.7 Å². The summed E-state index contributed by atoms with van der Waals surface area (Å²) in [4.78, 5) is 21.0. The van der Waals surface area contributed by atoms with Crippen molar-refractivity contribution in [3.63, 3.8) is 0 Å². The van der Waals surface area contributed by atoms with Crippen molar-refractivity contribution >= 4 is 6.03 Å². The number of carbonyl (C=O) groups excluding carboxylic acids is 1. The Labute approximate surface area is 161 Å². The molecule has 1 aromatic carbocycles. The second-order valence-electron chi connectivity index (χ2n) is 6.96. The molecule has 0 aliphatic carbocycles. The average molecular weight is 368 g/mol. The normalized spacial score (nSPS) is 17.4. The lowest BCUT2D eigenvalue weighted by Crippen LogP contribution is -2.49. The summed E-state index contributed by atoms with van der Waals surface area (Å²) in [6, 6.07) is 14.1. The van der Waals surface area contributed by atoms with Gasteiger partial charge in [0.1, 0.15) is 0 Å². The van der Waals surface area contributed by atoms with Crippen LogP contribution in [0.4, 0.5) is 4.79 Å². The second-order valence-corrected chi connectivity index (χ2v) is 6.96. The van der Waals surface area contributed by atoms with E-state index in [4.69, 9.17) is 4.74 Å². The van der Waals surface area contributed by atoms with E-state index in [2.05, 4.69) is 34.4 Å². The summed E-state index contributed by atoms with van der Waals surface area (Å²) in [5.41, 5.74) is 2.24. The maximum Gasteiger partial charge on any atom is 0.317 e. The number of rotatable bonds is 7. The van der Waals surface area contributed by atoms with Crippen molar-refractivity contribution < 1.29 is 9.53 Å². The lowest BCUT2D eigenvalue weighted by molar-refractivity contribution is -0.0172. The number of hydrogen-bond donors (Lipinski definition) is 1. The summed E-state index contributed by atoms with van der Waals surface area (Å²) in [6.45, 7) is 4.21. The molecule has 0 saturated carbocycles. The Bertz CT molecular complexity index is 696. The molecule has 0 spiro atoms. The molecular weight excluding hydrogens is 340 g/mol. The van der Waals surface area contributed by atoms with Crippen LogP contribution in [0.25, 0.3) is 0 Å². The molecule has 3 rings (SSSR count). The highest BCUT2D eigenvalue weighted by Gasteiger charge is 2.20. The molecule has 1 saturated heterocycles. The molecule has 27 heavy (non-hydrogen) atoms. The van der Waals surface area contributed by atoms with E-state index in [1.54, 1.807) is 6.20 Å². The summed E-state index contributed by atoms with van der Waals surface area (Å²) < 4.78 is 5.74. The number of aromatic nitrogens is 1. The minimum atomic E-state index is -0.0633. The van der Waals surface area contributed by atoms with Gasteiger partial charge in [0.05, 0.1) is 12.7 Å². The third-order valence-corrected chi connectivity index (χ3v) is 4.72. The predicted molar refractivity (Wildman–Crippen MR) is 105 cm³/mol. The quantitative estimate of drug-likeness (QED) is 0.814. The topological polar surface area (TPSA) is 57.7 Å². The summed E-state index contributed by atoms with van der Waals surface area (Å²) in [5, 5.41) is 3.04. The standard InChI is InChI=1S/C21H28N4O2/c1-24-12-13-27-20(17-24)15-23-21(26)25(16-19-8-5-10-22-14-19)11-9-18-6-3-2-4-7-18/h2-8,10,14,20H,9,11-13,15-17H2,1H3,(H,23,26)/t20-/m0/s1. The second kappa shape index (κ2) is 10.0. The van der Waals surface area contributed by atoms with E-state index in [-0.39, 0.29) is 12.1 Å². The molecule has 0 bridgehead atoms. The van der Waals surface area contributed by atoms with Gasteiger partial charge < -0.3 is 19.9 Å². The predicted octanol–water partition coefficient (Wildman–Crippen LogP) is 2.17. The van der Waals surface area contributed by atoms with Crippen molar-refractivity contribution in [1.29, 1.82) is 0 Å². The molecule has 1 fully saturated rings. The van der Waals surface area contributed by atoms with E-state index in [0.717, 1.165) is 25.1 Å². The number of morpholine rings is 1. The van der Waals surface area contributed by atoms with E-state index in [1.165, 1.54) is 5.56 Å². The summed E-state index contributed by atoms with van der Waals surface area (Å²) in [5.74, 6) is 0. The number of ether oxygens (including phenoxy) is 1. The molecule has 1 aromatic heterocycles. The first-order valence-electron chi connectivity index (χ1n) is 9.46. The van der Waals surface area contributed by atoms with Gasteiger partial charge >= 0.3 is 6.03 Å². The van der Waals surface area contributed by atoms with Gasteiger partial charge in [0.25, 0.3) is 0 Å². The lowest BCUT2D eigenvalue weighted by Gasteiger charge is -2.31. The number of nitrogens with one attached hydrogen (secondary N) is 1. The van der Waals surface area contributed by atoms with Crippen molar-refractivity contribution in [3.05, 3.63) is 66.0 Å². The Morgan fingerprint density at radius 3 is 2.81 bits per heavy atom. The van der Waals surface area contributed by atoms with Gasteiger partial charge in [-0.1, -0.05) is 36.4 Å². The fraction of sp³-hybridized carbons (Fsp3) is 0.429. The van der Waals surface area contributed by atoms with Crippen LogP contribution in [0.1, 0.15) is 11.1 Å². The zero-order valence-corrected chi connectivity index (χ0v) is 15.9. The molecule has 1 aliphatic heterocycles. The monoisotopic (exact) mass is 368 g/mol. The molecule has 2 amide bonds. The molecule has 0 radical (unpaired) electrons. The zero-order valence-electron chi connectivity index (χ0n) is 15.9. The smallest absolute Gasteiger partial charge is 0.317 e. The molecule has 6 nitrogen and oxygen atoms in total. The number of hydrogen-bond acceptors (Lipinski definition) is 4. The molecular formula is C21H28N4O2. The molecule has 1 N–H and O–H groups in total. The third kappa shape index (κ3) is 6.34. The van der Waals surface area contributed by atoms with E-state index in [9.17, 15) is 4.79 Å². The Balaban J connectivity index is 1.58. The molecule has 2 heterocycles. The van der Waals surface area contributed by atoms with E-state index < -0.39 is 0 Å². The summed E-state index contributed by atoms with van der Waals surface area (Å²) in [7, 11) is 2.08. The van der Waals surface area contributed by atoms with Crippen molar-refractivity contribution in [2.75, 3.05) is 39.8 Å². The van der Waals surface area contributed by atoms with Gasteiger partial charge in [0.2, 0.25) is 0 Å². The number of pyridine rings is 1. The van der Waals surface area contributed by atoms with Crippen LogP contribution in [-0.4, -0.2) is 66.8 Å². The Morgan fingerprint density at radius 1 is 1.26 bits per heavy atom. The van der Waals surface area contributed by atoms with Crippen LogP contribution in [-0.2, 0) is 17.7 Å². The Hall–Kier alpha value is -2.44. The van der Waals surface area contributed by atoms with E-state index in [1.807, 2.05) is 41.4 Å². The average Bonchev–Trinajstić information content (AvgIpc) is 2.71. The maximum atomic E-state index is 12.8. The molecule has 1 aliphatic rings. The van der Waals surface area contributed by atoms with Gasteiger partial charge in [-0.15, -0.1) is 0 Å². The lowest BCUT2D eigenvalue weighted by atomic mass is 10.1. The van der Waals surface area contributed by atoms with Gasteiger partial charge in [0, 0.05) is 45.1 Å². The minimum absolute atomic E-state index is 0.0436. The van der Waals surface area contributed by atoms with Crippen LogP contribution in [0.15, 0.2) is 54.9 Å². The van der Waals surface area contributed by atoms with Crippen molar-refractivity contribution in [2.24, 2.45) is 0 Å². The van der Waals surface area contributed by atoms with Crippen LogP contribution in [0.5, 0.6) is 0 Å². The van der Waals surface area contributed by atoms with Gasteiger partial charge in [0.15, 0.2) is 0 Å². The molecule has 1 atom stereocenters. The third-order valence-electron chi connectivity index (χ3n) is 4.72. The van der Waals surface area contributed by atoms with Crippen LogP contribution in [0.3, 0.4) is 0 Å². The SMILES string of the molecule is CN1CCO[C@@H](CNC(=O)N(CCc2ccccc2)Cc2cccnc2)C1. The molecule has 6 heteroatoms.